The van der Waals surface area contributed by atoms with E-state index in [4.69, 9.17) is 11.6 Å². The normalized spacial score (nSPS) is 11.3. The van der Waals surface area contributed by atoms with Gasteiger partial charge in [0.15, 0.2) is 11.0 Å². The molecule has 2 aromatic heterocycles. The van der Waals surface area contributed by atoms with Crippen LogP contribution in [0.5, 0.6) is 0 Å². The van der Waals surface area contributed by atoms with Gasteiger partial charge < -0.3 is 9.88 Å². The molecule has 3 aromatic rings. The highest BCUT2D eigenvalue weighted by atomic mass is 35.5. The number of benzene rings is 1. The molecule has 6 nitrogen and oxygen atoms in total. The summed E-state index contributed by atoms with van der Waals surface area (Å²) in [5.74, 6) is 1.74. The fourth-order valence-electron chi connectivity index (χ4n) is 2.73. The third-order valence-electron chi connectivity index (χ3n) is 4.20. The third-order valence-corrected chi connectivity index (χ3v) is 5.58. The van der Waals surface area contributed by atoms with Gasteiger partial charge in [0.25, 0.3) is 0 Å². The van der Waals surface area contributed by atoms with Crippen molar-refractivity contribution in [3.8, 4) is 0 Å². The Balaban J connectivity index is 1.64. The Hall–Kier alpha value is -2.64. The Bertz CT molecular complexity index is 1000. The number of aromatic nitrogens is 4. The summed E-state index contributed by atoms with van der Waals surface area (Å²) in [7, 11) is 0. The minimum atomic E-state index is -0.208. The second-order valence-corrected chi connectivity index (χ2v) is 8.47. The summed E-state index contributed by atoms with van der Waals surface area (Å²) in [5.41, 5.74) is 1.97. The van der Waals surface area contributed by atoms with E-state index in [0.717, 1.165) is 28.8 Å². The van der Waals surface area contributed by atoms with Gasteiger partial charge in [-0.1, -0.05) is 55.4 Å². The number of nitrogens with zero attached hydrogens (tertiary/aromatic N) is 4. The molecule has 0 saturated heterocycles. The molecular weight excluding hydrogens is 418 g/mol. The van der Waals surface area contributed by atoms with Crippen LogP contribution in [-0.4, -0.2) is 25.7 Å². The van der Waals surface area contributed by atoms with E-state index in [1.807, 2.05) is 30.3 Å². The molecule has 0 aliphatic carbocycles. The van der Waals surface area contributed by atoms with E-state index >= 15 is 0 Å². The first-order chi connectivity index (χ1) is 14.5. The SMILES string of the molecule is CC(C)Cn1c(CNC(=O)C=Cc2ccccc2Cl)nnc1SCc1ccncc1. The number of rotatable bonds is 9. The number of thioether (sulfide) groups is 1. The minimum absolute atomic E-state index is 0.208. The van der Waals surface area contributed by atoms with Crippen LogP contribution < -0.4 is 5.32 Å². The summed E-state index contributed by atoms with van der Waals surface area (Å²) >= 11 is 7.74. The van der Waals surface area contributed by atoms with E-state index in [9.17, 15) is 4.79 Å². The van der Waals surface area contributed by atoms with Crippen molar-refractivity contribution in [2.75, 3.05) is 0 Å². The predicted molar refractivity (Wildman–Crippen MR) is 121 cm³/mol. The summed E-state index contributed by atoms with van der Waals surface area (Å²) in [6.07, 6.45) is 6.74. The van der Waals surface area contributed by atoms with Gasteiger partial charge in [0.1, 0.15) is 0 Å². The Morgan fingerprint density at radius 2 is 1.97 bits per heavy atom. The highest BCUT2D eigenvalue weighted by Crippen LogP contribution is 2.23. The van der Waals surface area contributed by atoms with Crippen LogP contribution in [0.25, 0.3) is 6.08 Å². The first-order valence-electron chi connectivity index (χ1n) is 9.67. The molecule has 0 atom stereocenters. The van der Waals surface area contributed by atoms with Crippen molar-refractivity contribution in [2.24, 2.45) is 5.92 Å². The molecule has 0 aliphatic rings. The quantitative estimate of drug-likeness (QED) is 0.388. The average Bonchev–Trinajstić information content (AvgIpc) is 3.11. The van der Waals surface area contributed by atoms with Gasteiger partial charge in [-0.05, 0) is 41.3 Å². The van der Waals surface area contributed by atoms with Crippen molar-refractivity contribution >= 4 is 35.3 Å². The second kappa shape index (κ2) is 10.9. The lowest BCUT2D eigenvalue weighted by molar-refractivity contribution is -0.116. The Morgan fingerprint density at radius 1 is 1.20 bits per heavy atom. The number of halogens is 1. The number of amides is 1. The monoisotopic (exact) mass is 441 g/mol. The number of hydrogen-bond donors (Lipinski definition) is 1. The molecule has 3 rings (SSSR count). The van der Waals surface area contributed by atoms with Crippen LogP contribution >= 0.6 is 23.4 Å². The molecule has 0 fully saturated rings. The van der Waals surface area contributed by atoms with E-state index in [2.05, 4.69) is 38.9 Å². The molecule has 1 N–H and O–H groups in total. The van der Waals surface area contributed by atoms with Crippen molar-refractivity contribution in [3.63, 3.8) is 0 Å². The maximum absolute atomic E-state index is 12.2. The smallest absolute Gasteiger partial charge is 0.244 e. The van der Waals surface area contributed by atoms with E-state index in [1.165, 1.54) is 11.6 Å². The summed E-state index contributed by atoms with van der Waals surface area (Å²) in [6, 6.07) is 11.4. The fourth-order valence-corrected chi connectivity index (χ4v) is 3.85. The summed E-state index contributed by atoms with van der Waals surface area (Å²) in [5, 5.41) is 13.0. The molecule has 0 unspecified atom stereocenters. The lowest BCUT2D eigenvalue weighted by Gasteiger charge is -2.12. The van der Waals surface area contributed by atoms with Crippen LogP contribution in [0, 0.1) is 5.92 Å². The van der Waals surface area contributed by atoms with Crippen molar-refractivity contribution in [2.45, 2.75) is 37.8 Å². The zero-order valence-electron chi connectivity index (χ0n) is 17.0. The maximum atomic E-state index is 12.2. The first-order valence-corrected chi connectivity index (χ1v) is 11.0. The lowest BCUT2D eigenvalue weighted by Crippen LogP contribution is -2.23. The molecule has 8 heteroatoms. The Morgan fingerprint density at radius 3 is 2.70 bits per heavy atom. The Labute approximate surface area is 185 Å². The van der Waals surface area contributed by atoms with Crippen LogP contribution in [0.2, 0.25) is 5.02 Å². The highest BCUT2D eigenvalue weighted by molar-refractivity contribution is 7.98. The van der Waals surface area contributed by atoms with Crippen molar-refractivity contribution in [3.05, 3.63) is 76.8 Å². The molecule has 30 heavy (non-hydrogen) atoms. The lowest BCUT2D eigenvalue weighted by atomic mass is 10.2. The van der Waals surface area contributed by atoms with E-state index in [0.29, 0.717) is 17.5 Å². The van der Waals surface area contributed by atoms with Gasteiger partial charge in [0, 0.05) is 35.8 Å². The number of nitrogens with one attached hydrogen (secondary N) is 1. The van der Waals surface area contributed by atoms with Crippen LogP contribution in [0.3, 0.4) is 0 Å². The van der Waals surface area contributed by atoms with Gasteiger partial charge >= 0.3 is 0 Å². The zero-order chi connectivity index (χ0) is 21.3. The molecule has 1 aromatic carbocycles. The van der Waals surface area contributed by atoms with Crippen molar-refractivity contribution < 1.29 is 4.79 Å². The summed E-state index contributed by atoms with van der Waals surface area (Å²) in [4.78, 5) is 16.3. The van der Waals surface area contributed by atoms with E-state index < -0.39 is 0 Å². The zero-order valence-corrected chi connectivity index (χ0v) is 18.5. The minimum Gasteiger partial charge on any atom is -0.345 e. The number of pyridine rings is 1. The molecule has 2 heterocycles. The molecule has 0 spiro atoms. The van der Waals surface area contributed by atoms with Gasteiger partial charge in [-0.2, -0.15) is 0 Å². The molecular formula is C22H24ClN5OS. The van der Waals surface area contributed by atoms with Crippen LogP contribution in [-0.2, 0) is 23.6 Å². The van der Waals surface area contributed by atoms with E-state index in [-0.39, 0.29) is 5.91 Å². The topological polar surface area (TPSA) is 72.7 Å². The average molecular weight is 442 g/mol. The molecule has 0 aliphatic heterocycles. The third kappa shape index (κ3) is 6.43. The largest absolute Gasteiger partial charge is 0.345 e. The highest BCUT2D eigenvalue weighted by Gasteiger charge is 2.14. The van der Waals surface area contributed by atoms with Crippen molar-refractivity contribution in [1.29, 1.82) is 0 Å². The van der Waals surface area contributed by atoms with Gasteiger partial charge in [0.05, 0.1) is 6.54 Å². The summed E-state index contributed by atoms with van der Waals surface area (Å²) < 4.78 is 2.08. The molecule has 1 amide bonds. The summed E-state index contributed by atoms with van der Waals surface area (Å²) in [6.45, 7) is 5.38. The van der Waals surface area contributed by atoms with Crippen LogP contribution in [0.15, 0.2) is 60.0 Å². The van der Waals surface area contributed by atoms with Crippen LogP contribution in [0.4, 0.5) is 0 Å². The van der Waals surface area contributed by atoms with Gasteiger partial charge in [-0.15, -0.1) is 10.2 Å². The second-order valence-electron chi connectivity index (χ2n) is 7.12. The molecule has 156 valence electrons. The van der Waals surface area contributed by atoms with Crippen molar-refractivity contribution in [1.82, 2.24) is 25.1 Å². The number of carbonyl (C=O) groups excluding carboxylic acids is 1. The Kier molecular flexibility index (Phi) is 8.04. The van der Waals surface area contributed by atoms with Gasteiger partial charge in [-0.3, -0.25) is 9.78 Å². The fraction of sp³-hybridized carbons (Fsp3) is 0.273. The van der Waals surface area contributed by atoms with Gasteiger partial charge in [0.2, 0.25) is 5.91 Å². The molecule has 0 saturated carbocycles. The molecule has 0 radical (unpaired) electrons. The standard InChI is InChI=1S/C22H24ClN5OS/c1-16(2)14-28-20(26-27-22(28)30-15-17-9-11-24-12-10-17)13-25-21(29)8-7-18-5-3-4-6-19(18)23/h3-12,16H,13-15H2,1-2H3,(H,25,29). The molecule has 0 bridgehead atoms. The van der Waals surface area contributed by atoms with Gasteiger partial charge in [-0.25, -0.2) is 0 Å². The number of hydrogen-bond acceptors (Lipinski definition) is 5. The van der Waals surface area contributed by atoms with Crippen LogP contribution in [0.1, 0.15) is 30.8 Å². The predicted octanol–water partition coefficient (Wildman–Crippen LogP) is 4.60. The van der Waals surface area contributed by atoms with E-state index in [1.54, 1.807) is 36.3 Å². The maximum Gasteiger partial charge on any atom is 0.244 e. The number of carbonyl (C=O) groups is 1. The first kappa shape index (κ1) is 22.1.